The Morgan fingerprint density at radius 1 is 0.973 bits per heavy atom. The van der Waals surface area contributed by atoms with Gasteiger partial charge in [-0.2, -0.15) is 0 Å². The highest BCUT2D eigenvalue weighted by molar-refractivity contribution is 5.74. The molecule has 37 heavy (non-hydrogen) atoms. The Balaban J connectivity index is 1.46. The van der Waals surface area contributed by atoms with Crippen molar-refractivity contribution in [1.82, 2.24) is 0 Å². The number of rotatable bonds is 7. The van der Waals surface area contributed by atoms with Gasteiger partial charge in [0.1, 0.15) is 0 Å². The summed E-state index contributed by atoms with van der Waals surface area (Å²) in [5, 5.41) is 0. The maximum absolute atomic E-state index is 4.72. The fourth-order valence-corrected chi connectivity index (χ4v) is 6.50. The zero-order chi connectivity index (χ0) is 26.1. The van der Waals surface area contributed by atoms with Gasteiger partial charge in [-0.25, -0.2) is 0 Å². The van der Waals surface area contributed by atoms with Crippen molar-refractivity contribution in [2.75, 3.05) is 0 Å². The highest BCUT2D eigenvalue weighted by Gasteiger charge is 2.40. The van der Waals surface area contributed by atoms with Crippen LogP contribution in [0.1, 0.15) is 74.6 Å². The summed E-state index contributed by atoms with van der Waals surface area (Å²) in [5.74, 6) is 0.610. The average Bonchev–Trinajstić information content (AvgIpc) is 3.48. The Labute approximate surface area is 224 Å². The van der Waals surface area contributed by atoms with E-state index < -0.39 is 0 Å². The third-order valence-electron chi connectivity index (χ3n) is 8.37. The monoisotopic (exact) mass is 484 g/mol. The topological polar surface area (TPSA) is 0 Å². The first-order valence-electron chi connectivity index (χ1n) is 13.9. The number of hydrogen-bond donors (Lipinski definition) is 0. The van der Waals surface area contributed by atoms with Gasteiger partial charge < -0.3 is 0 Å². The molecule has 0 bridgehead atoms. The van der Waals surface area contributed by atoms with Crippen molar-refractivity contribution < 1.29 is 0 Å². The predicted molar refractivity (Wildman–Crippen MR) is 161 cm³/mol. The van der Waals surface area contributed by atoms with Crippen molar-refractivity contribution >= 4 is 5.57 Å². The molecule has 2 aromatic rings. The smallest absolute Gasteiger partial charge is 0.0201 e. The minimum atomic E-state index is 0.293. The Bertz CT molecular complexity index is 1390. The van der Waals surface area contributed by atoms with Gasteiger partial charge in [0.05, 0.1) is 0 Å². The quantitative estimate of drug-likeness (QED) is 0.367. The lowest BCUT2D eigenvalue weighted by molar-refractivity contribution is 0.619. The van der Waals surface area contributed by atoms with Crippen LogP contribution in [0, 0.1) is 12.8 Å². The average molecular weight is 485 g/mol. The van der Waals surface area contributed by atoms with Gasteiger partial charge in [0.2, 0.25) is 0 Å². The maximum atomic E-state index is 4.72. The van der Waals surface area contributed by atoms with E-state index in [-0.39, 0.29) is 0 Å². The molecule has 0 amide bonds. The third kappa shape index (κ3) is 4.95. The first kappa shape index (κ1) is 25.3. The maximum Gasteiger partial charge on any atom is 0.0201 e. The first-order chi connectivity index (χ1) is 17.9. The first-order valence-corrected chi connectivity index (χ1v) is 13.9. The molecule has 3 aliphatic rings. The van der Waals surface area contributed by atoms with Gasteiger partial charge in [0.25, 0.3) is 0 Å². The van der Waals surface area contributed by atoms with Crippen LogP contribution in [0.15, 0.2) is 125 Å². The number of allylic oxidation sites excluding steroid dienone is 12. The normalized spacial score (nSPS) is 22.2. The van der Waals surface area contributed by atoms with Crippen molar-refractivity contribution in [2.45, 2.75) is 65.7 Å². The standard InChI is InChI=1S/C37H40/c1-7-10-25(4)35-26(5)20-34-23-33(22-29-15-18-32(21-29)31-12-9-11-24(3)19-31)27(6)36(34)37(35)30-16-13-28(8-2)14-17-30/h9,11-20,22,36-37H,4,6-8,10,21,23H2,1-3,5H3. The van der Waals surface area contributed by atoms with Crippen LogP contribution in [0.2, 0.25) is 0 Å². The molecule has 5 rings (SSSR count). The van der Waals surface area contributed by atoms with Gasteiger partial charge >= 0.3 is 0 Å². The molecular formula is C37H40. The van der Waals surface area contributed by atoms with Gasteiger partial charge in [-0.1, -0.05) is 123 Å². The summed E-state index contributed by atoms with van der Waals surface area (Å²) in [5.41, 5.74) is 16.5. The summed E-state index contributed by atoms with van der Waals surface area (Å²) in [7, 11) is 0. The summed E-state index contributed by atoms with van der Waals surface area (Å²) >= 11 is 0. The van der Waals surface area contributed by atoms with Gasteiger partial charge in [-0.05, 0) is 89.7 Å². The molecule has 0 spiro atoms. The molecule has 0 nitrogen and oxygen atoms in total. The fourth-order valence-electron chi connectivity index (χ4n) is 6.50. The van der Waals surface area contributed by atoms with Crippen molar-refractivity contribution in [2.24, 2.45) is 5.92 Å². The molecule has 0 heterocycles. The van der Waals surface area contributed by atoms with E-state index in [1.54, 1.807) is 0 Å². The Morgan fingerprint density at radius 2 is 1.76 bits per heavy atom. The molecule has 2 aromatic carbocycles. The van der Waals surface area contributed by atoms with E-state index in [1.165, 1.54) is 66.8 Å². The molecule has 0 aliphatic heterocycles. The molecular weight excluding hydrogens is 444 g/mol. The molecule has 2 atom stereocenters. The number of aryl methyl sites for hydroxylation is 2. The zero-order valence-corrected chi connectivity index (χ0v) is 23.0. The molecule has 0 N–H and O–H groups in total. The van der Waals surface area contributed by atoms with Crippen LogP contribution in [0.3, 0.4) is 0 Å². The van der Waals surface area contributed by atoms with E-state index in [2.05, 4.69) is 107 Å². The molecule has 1 fully saturated rings. The van der Waals surface area contributed by atoms with Crippen LogP contribution in [-0.4, -0.2) is 0 Å². The van der Waals surface area contributed by atoms with Gasteiger partial charge in [-0.3, -0.25) is 0 Å². The van der Waals surface area contributed by atoms with E-state index in [9.17, 15) is 0 Å². The predicted octanol–water partition coefficient (Wildman–Crippen LogP) is 10.2. The van der Waals surface area contributed by atoms with Crippen LogP contribution in [0.4, 0.5) is 0 Å². The van der Waals surface area contributed by atoms with Crippen molar-refractivity contribution in [3.8, 4) is 0 Å². The number of hydrogen-bond acceptors (Lipinski definition) is 0. The summed E-state index contributed by atoms with van der Waals surface area (Å²) in [6, 6.07) is 18.2. The number of benzene rings is 2. The lowest BCUT2D eigenvalue weighted by Crippen LogP contribution is -2.21. The summed E-state index contributed by atoms with van der Waals surface area (Å²) in [4.78, 5) is 0. The Morgan fingerprint density at radius 3 is 2.46 bits per heavy atom. The molecule has 3 aliphatic carbocycles. The number of fused-ring (bicyclic) bond motifs is 1. The summed E-state index contributed by atoms with van der Waals surface area (Å²) in [6.45, 7) is 18.2. The fraction of sp³-hybridized carbons (Fsp3) is 0.297. The van der Waals surface area contributed by atoms with Crippen molar-refractivity contribution in [1.29, 1.82) is 0 Å². The van der Waals surface area contributed by atoms with E-state index in [1.807, 2.05) is 0 Å². The van der Waals surface area contributed by atoms with Crippen LogP contribution in [-0.2, 0) is 6.42 Å². The van der Waals surface area contributed by atoms with E-state index >= 15 is 0 Å². The van der Waals surface area contributed by atoms with Crippen LogP contribution in [0.25, 0.3) is 5.57 Å². The minimum Gasteiger partial charge on any atom is -0.0955 e. The largest absolute Gasteiger partial charge is 0.0955 e. The molecule has 0 heteroatoms. The minimum absolute atomic E-state index is 0.293. The Hall–Kier alpha value is -3.38. The summed E-state index contributed by atoms with van der Waals surface area (Å²) in [6.07, 6.45) is 14.7. The van der Waals surface area contributed by atoms with Crippen LogP contribution in [0.5, 0.6) is 0 Å². The van der Waals surface area contributed by atoms with E-state index in [0.717, 1.165) is 32.1 Å². The SMILES string of the molecule is C=C(CCC)C1=C(C)C=C2CC(=CC3=CC=C(c4cccc(C)c4)C3)C(=C)C2C1c1ccc(CC)cc1. The van der Waals surface area contributed by atoms with Crippen LogP contribution >= 0.6 is 0 Å². The molecule has 0 saturated heterocycles. The van der Waals surface area contributed by atoms with E-state index in [4.69, 9.17) is 6.58 Å². The Kier molecular flexibility index (Phi) is 7.20. The van der Waals surface area contributed by atoms with Crippen molar-refractivity contribution in [3.63, 3.8) is 0 Å². The molecule has 188 valence electrons. The molecule has 0 radical (unpaired) electrons. The lowest BCUT2D eigenvalue weighted by Gasteiger charge is -2.34. The van der Waals surface area contributed by atoms with Gasteiger partial charge in [0.15, 0.2) is 0 Å². The lowest BCUT2D eigenvalue weighted by atomic mass is 9.69. The molecule has 2 unspecified atom stereocenters. The van der Waals surface area contributed by atoms with Gasteiger partial charge in [0, 0.05) is 11.8 Å². The van der Waals surface area contributed by atoms with E-state index in [0.29, 0.717) is 11.8 Å². The zero-order valence-electron chi connectivity index (χ0n) is 23.0. The molecule has 0 aromatic heterocycles. The van der Waals surface area contributed by atoms with Crippen molar-refractivity contribution in [3.05, 3.63) is 147 Å². The highest BCUT2D eigenvalue weighted by atomic mass is 14.4. The highest BCUT2D eigenvalue weighted by Crippen LogP contribution is 2.55. The van der Waals surface area contributed by atoms with Gasteiger partial charge in [-0.15, -0.1) is 0 Å². The second-order valence-electron chi connectivity index (χ2n) is 11.1. The second kappa shape index (κ2) is 10.5. The third-order valence-corrected chi connectivity index (χ3v) is 8.37. The summed E-state index contributed by atoms with van der Waals surface area (Å²) < 4.78 is 0. The second-order valence-corrected chi connectivity index (χ2v) is 11.1. The molecule has 1 saturated carbocycles. The van der Waals surface area contributed by atoms with Crippen LogP contribution < -0.4 is 0 Å².